The summed E-state index contributed by atoms with van der Waals surface area (Å²) in [6, 6.07) is 1.63. The molecule has 0 unspecified atom stereocenters. The molecule has 0 atom stereocenters. The Kier molecular flexibility index (Phi) is 3.20. The van der Waals surface area contributed by atoms with Gasteiger partial charge in [-0.25, -0.2) is 5.43 Å². The molecule has 2 aromatic heterocycles. The Hall–Kier alpha value is -2.57. The van der Waals surface area contributed by atoms with Crippen molar-refractivity contribution in [2.45, 2.75) is 6.92 Å². The van der Waals surface area contributed by atoms with Crippen molar-refractivity contribution in [2.75, 3.05) is 0 Å². The summed E-state index contributed by atoms with van der Waals surface area (Å²) < 4.78 is 0. The predicted octanol–water partition coefficient (Wildman–Crippen LogP) is 0.272. The monoisotopic (exact) mass is 230 g/mol. The molecule has 2 aromatic rings. The largest absolute Gasteiger partial charge is 0.291 e. The predicted molar refractivity (Wildman–Crippen MR) is 60.4 cm³/mol. The van der Waals surface area contributed by atoms with Crippen LogP contribution < -0.4 is 5.43 Å². The number of amides is 1. The smallest absolute Gasteiger partial charge is 0.282 e. The van der Waals surface area contributed by atoms with E-state index in [-0.39, 0.29) is 5.91 Å². The zero-order valence-electron chi connectivity index (χ0n) is 9.08. The maximum atomic E-state index is 11.5. The second-order valence-corrected chi connectivity index (χ2v) is 3.27. The van der Waals surface area contributed by atoms with Crippen LogP contribution in [0.15, 0.2) is 29.8 Å². The highest BCUT2D eigenvalue weighted by Crippen LogP contribution is 1.96. The first-order valence-electron chi connectivity index (χ1n) is 4.87. The van der Waals surface area contributed by atoms with Crippen LogP contribution in [0.1, 0.15) is 21.9 Å². The van der Waals surface area contributed by atoms with E-state index >= 15 is 0 Å². The Bertz CT molecular complexity index is 533. The van der Waals surface area contributed by atoms with Crippen molar-refractivity contribution < 1.29 is 4.79 Å². The molecular weight excluding hydrogens is 220 g/mol. The molecule has 2 N–H and O–H groups in total. The zero-order valence-corrected chi connectivity index (χ0v) is 9.08. The van der Waals surface area contributed by atoms with Crippen molar-refractivity contribution in [3.63, 3.8) is 0 Å². The highest BCUT2D eigenvalue weighted by atomic mass is 16.2. The Morgan fingerprint density at radius 2 is 2.41 bits per heavy atom. The maximum Gasteiger partial charge on any atom is 0.291 e. The highest BCUT2D eigenvalue weighted by Gasteiger charge is 2.07. The van der Waals surface area contributed by atoms with Gasteiger partial charge in [-0.05, 0) is 13.0 Å². The number of hydrogen-bond donors (Lipinski definition) is 2. The molecule has 0 aliphatic heterocycles. The number of rotatable bonds is 3. The topological polar surface area (TPSA) is 95.9 Å². The van der Waals surface area contributed by atoms with Gasteiger partial charge in [-0.15, -0.1) is 0 Å². The summed E-state index contributed by atoms with van der Waals surface area (Å²) in [5, 5.41) is 10.2. The molecule has 0 fully saturated rings. The van der Waals surface area contributed by atoms with Crippen molar-refractivity contribution >= 4 is 12.1 Å². The van der Waals surface area contributed by atoms with Crippen molar-refractivity contribution in [1.82, 2.24) is 25.6 Å². The number of carbonyl (C=O) groups excluding carboxylic acids is 1. The molecule has 1 amide bonds. The summed E-state index contributed by atoms with van der Waals surface area (Å²) >= 11 is 0. The third-order valence-electron chi connectivity index (χ3n) is 1.88. The third kappa shape index (κ3) is 2.94. The van der Waals surface area contributed by atoms with Gasteiger partial charge in [0.25, 0.3) is 5.91 Å². The lowest BCUT2D eigenvalue weighted by molar-refractivity contribution is 0.0950. The number of hydrogen-bond acceptors (Lipinski definition) is 5. The van der Waals surface area contributed by atoms with Crippen LogP contribution >= 0.6 is 0 Å². The molecule has 0 aliphatic carbocycles. The van der Waals surface area contributed by atoms with E-state index in [1.54, 1.807) is 18.5 Å². The standard InChI is InChI=1S/C10H10N6O/c1-7-4-9(15-14-7)10(17)16-13-6-8-5-11-2-3-12-8/h2-6H,1H3,(H,14,15)(H,16,17)/b13-6+. The van der Waals surface area contributed by atoms with Crippen LogP contribution in [0.3, 0.4) is 0 Å². The molecule has 0 radical (unpaired) electrons. The van der Waals surface area contributed by atoms with Crippen LogP contribution in [0.5, 0.6) is 0 Å². The number of aromatic amines is 1. The van der Waals surface area contributed by atoms with E-state index in [4.69, 9.17) is 0 Å². The molecule has 0 aliphatic rings. The van der Waals surface area contributed by atoms with Crippen LogP contribution in [0.25, 0.3) is 0 Å². The average Bonchev–Trinajstić information content (AvgIpc) is 2.77. The summed E-state index contributed by atoms with van der Waals surface area (Å²) in [5.41, 5.74) is 4.01. The van der Waals surface area contributed by atoms with Gasteiger partial charge in [0.2, 0.25) is 0 Å². The van der Waals surface area contributed by atoms with E-state index in [0.717, 1.165) is 5.69 Å². The molecule has 0 aromatic carbocycles. The van der Waals surface area contributed by atoms with Gasteiger partial charge in [-0.3, -0.25) is 19.9 Å². The van der Waals surface area contributed by atoms with Gasteiger partial charge in [0.1, 0.15) is 5.69 Å². The lowest BCUT2D eigenvalue weighted by Crippen LogP contribution is -2.18. The molecule has 17 heavy (non-hydrogen) atoms. The second-order valence-electron chi connectivity index (χ2n) is 3.27. The molecule has 7 nitrogen and oxygen atoms in total. The van der Waals surface area contributed by atoms with Gasteiger partial charge < -0.3 is 0 Å². The van der Waals surface area contributed by atoms with Crippen molar-refractivity contribution in [3.8, 4) is 0 Å². The summed E-state index contributed by atoms with van der Waals surface area (Å²) in [5.74, 6) is -0.380. The van der Waals surface area contributed by atoms with Crippen LogP contribution in [0.2, 0.25) is 0 Å². The molecule has 2 rings (SSSR count). The quantitative estimate of drug-likeness (QED) is 0.584. The Morgan fingerprint density at radius 1 is 1.53 bits per heavy atom. The summed E-state index contributed by atoms with van der Waals surface area (Å²) in [7, 11) is 0. The van der Waals surface area contributed by atoms with Crippen LogP contribution in [-0.4, -0.2) is 32.3 Å². The lowest BCUT2D eigenvalue weighted by atomic mass is 10.4. The number of hydrazone groups is 1. The molecule has 0 bridgehead atoms. The number of aromatic nitrogens is 4. The molecule has 7 heteroatoms. The van der Waals surface area contributed by atoms with Crippen molar-refractivity contribution in [3.05, 3.63) is 41.7 Å². The molecule has 86 valence electrons. The first kappa shape index (κ1) is 10.9. The third-order valence-corrected chi connectivity index (χ3v) is 1.88. The fourth-order valence-corrected chi connectivity index (χ4v) is 1.13. The van der Waals surface area contributed by atoms with Crippen LogP contribution in [-0.2, 0) is 0 Å². The number of nitrogens with zero attached hydrogens (tertiary/aromatic N) is 4. The van der Waals surface area contributed by atoms with E-state index in [1.165, 1.54) is 12.4 Å². The minimum absolute atomic E-state index is 0.291. The highest BCUT2D eigenvalue weighted by molar-refractivity contribution is 5.92. The molecule has 0 saturated carbocycles. The Morgan fingerprint density at radius 3 is 3.06 bits per heavy atom. The van der Waals surface area contributed by atoms with Gasteiger partial charge in [0.05, 0.1) is 12.4 Å². The summed E-state index contributed by atoms with van der Waals surface area (Å²) in [6.07, 6.45) is 6.04. The number of aryl methyl sites for hydroxylation is 1. The van der Waals surface area contributed by atoms with Gasteiger partial charge in [-0.1, -0.05) is 0 Å². The fourth-order valence-electron chi connectivity index (χ4n) is 1.13. The second kappa shape index (κ2) is 4.97. The molecule has 0 saturated heterocycles. The number of carbonyl (C=O) groups is 1. The molecule has 2 heterocycles. The van der Waals surface area contributed by atoms with Crippen molar-refractivity contribution in [1.29, 1.82) is 0 Å². The summed E-state index contributed by atoms with van der Waals surface area (Å²) in [6.45, 7) is 1.81. The zero-order chi connectivity index (χ0) is 12.1. The number of H-pyrrole nitrogens is 1. The Labute approximate surface area is 97.0 Å². The minimum atomic E-state index is -0.380. The molecule has 0 spiro atoms. The minimum Gasteiger partial charge on any atom is -0.282 e. The van der Waals surface area contributed by atoms with Gasteiger partial charge >= 0.3 is 0 Å². The summed E-state index contributed by atoms with van der Waals surface area (Å²) in [4.78, 5) is 19.3. The van der Waals surface area contributed by atoms with Crippen LogP contribution in [0, 0.1) is 6.92 Å². The van der Waals surface area contributed by atoms with Crippen LogP contribution in [0.4, 0.5) is 0 Å². The first-order valence-corrected chi connectivity index (χ1v) is 4.87. The van der Waals surface area contributed by atoms with Gasteiger partial charge in [0.15, 0.2) is 5.69 Å². The van der Waals surface area contributed by atoms with E-state index < -0.39 is 0 Å². The Balaban J connectivity index is 1.95. The van der Waals surface area contributed by atoms with Gasteiger partial charge in [0, 0.05) is 18.1 Å². The van der Waals surface area contributed by atoms with Gasteiger partial charge in [-0.2, -0.15) is 10.2 Å². The maximum absolute atomic E-state index is 11.5. The SMILES string of the molecule is Cc1cc(C(=O)N/N=C/c2cnccn2)n[nH]1. The van der Waals surface area contributed by atoms with E-state index in [9.17, 15) is 4.79 Å². The molecular formula is C10H10N6O. The first-order chi connectivity index (χ1) is 8.25. The van der Waals surface area contributed by atoms with Crippen molar-refractivity contribution in [2.24, 2.45) is 5.10 Å². The lowest BCUT2D eigenvalue weighted by Gasteiger charge is -1.94. The average molecular weight is 230 g/mol. The van der Waals surface area contributed by atoms with E-state index in [1.807, 2.05) is 6.92 Å². The normalized spacial score (nSPS) is 10.6. The van der Waals surface area contributed by atoms with E-state index in [2.05, 4.69) is 30.7 Å². The number of nitrogens with one attached hydrogen (secondary N) is 2. The fraction of sp³-hybridized carbons (Fsp3) is 0.100. The van der Waals surface area contributed by atoms with E-state index in [0.29, 0.717) is 11.4 Å².